The molecule has 3 unspecified atom stereocenters. The Bertz CT molecular complexity index is 1190. The minimum absolute atomic E-state index is 0.0104. The Morgan fingerprint density at radius 2 is 0.952 bits per heavy atom. The van der Waals surface area contributed by atoms with Crippen LogP contribution in [0.25, 0.3) is 0 Å². The van der Waals surface area contributed by atoms with Crippen LogP contribution in [-0.2, 0) is 18.4 Å². The molecule has 0 aliphatic rings. The Kier molecular flexibility index (Phi) is 43.1. The molecule has 0 spiro atoms. The van der Waals surface area contributed by atoms with E-state index < -0.39 is 26.6 Å². The number of likely N-dealkylation sites (N-methyl/N-ethyl adjacent to an activating group) is 1. The van der Waals surface area contributed by atoms with Gasteiger partial charge >= 0.3 is 0 Å². The van der Waals surface area contributed by atoms with Gasteiger partial charge in [0.1, 0.15) is 13.2 Å². The minimum atomic E-state index is -4.60. The molecule has 62 heavy (non-hydrogen) atoms. The van der Waals surface area contributed by atoms with Crippen molar-refractivity contribution in [1.29, 1.82) is 0 Å². The van der Waals surface area contributed by atoms with E-state index in [0.717, 1.165) is 57.8 Å². The van der Waals surface area contributed by atoms with E-state index in [1.165, 1.54) is 141 Å². The zero-order chi connectivity index (χ0) is 45.7. The van der Waals surface area contributed by atoms with Crippen LogP contribution in [0.5, 0.6) is 0 Å². The molecule has 9 heteroatoms. The van der Waals surface area contributed by atoms with Gasteiger partial charge in [0.05, 0.1) is 39.9 Å². The molecule has 0 bridgehead atoms. The van der Waals surface area contributed by atoms with E-state index in [2.05, 4.69) is 67.8 Å². The standard InChI is InChI=1S/C53H99N2O6P/c1-6-8-10-12-14-16-18-20-21-22-23-24-25-26-27-28-29-30-31-32-33-35-37-39-41-43-45-47-53(57)54-51(50-61-62(58,59)60-49-48-55(3,4)5)52(56)46-44-42-40-38-36-34-19-17-15-13-11-9-7-2/h15,17-18,20,22-23,36,38,44,46,51-52,56H,6-14,16,19,21,24-35,37,39-43,45,47-50H2,1-5H3,(H-,54,57,58,59)/b17-15+,20-18-,23-22-,38-36+,46-44+. The zero-order valence-electron chi connectivity index (χ0n) is 41.1. The second-order valence-electron chi connectivity index (χ2n) is 18.5. The average Bonchev–Trinajstić information content (AvgIpc) is 3.23. The molecule has 0 fully saturated rings. The predicted octanol–water partition coefficient (Wildman–Crippen LogP) is 14.3. The Balaban J connectivity index is 4.20. The van der Waals surface area contributed by atoms with Crippen LogP contribution >= 0.6 is 7.82 Å². The van der Waals surface area contributed by atoms with Gasteiger partial charge in [-0.2, -0.15) is 0 Å². The van der Waals surface area contributed by atoms with Gasteiger partial charge in [-0.3, -0.25) is 9.36 Å². The van der Waals surface area contributed by atoms with Gasteiger partial charge < -0.3 is 28.8 Å². The summed E-state index contributed by atoms with van der Waals surface area (Å²) in [5.74, 6) is -0.213. The van der Waals surface area contributed by atoms with Crippen LogP contribution < -0.4 is 10.2 Å². The number of rotatable bonds is 46. The highest BCUT2D eigenvalue weighted by atomic mass is 31.2. The molecule has 362 valence electrons. The maximum absolute atomic E-state index is 12.9. The Labute approximate surface area is 383 Å². The van der Waals surface area contributed by atoms with Crippen molar-refractivity contribution in [3.8, 4) is 0 Å². The molecule has 8 nitrogen and oxygen atoms in total. The fourth-order valence-electron chi connectivity index (χ4n) is 7.10. The molecule has 0 heterocycles. The summed E-state index contributed by atoms with van der Waals surface area (Å²) in [5.41, 5.74) is 0. The van der Waals surface area contributed by atoms with Crippen molar-refractivity contribution < 1.29 is 32.9 Å². The molecule has 3 atom stereocenters. The van der Waals surface area contributed by atoms with Gasteiger partial charge in [-0.1, -0.05) is 197 Å². The van der Waals surface area contributed by atoms with Crippen molar-refractivity contribution in [2.45, 2.75) is 231 Å². The maximum Gasteiger partial charge on any atom is 0.268 e. The fourth-order valence-corrected chi connectivity index (χ4v) is 7.82. The molecule has 0 aliphatic carbocycles. The summed E-state index contributed by atoms with van der Waals surface area (Å²) in [6.45, 7) is 4.57. The van der Waals surface area contributed by atoms with Crippen LogP contribution in [0.3, 0.4) is 0 Å². The third kappa shape index (κ3) is 46.2. The van der Waals surface area contributed by atoms with Gasteiger partial charge in [-0.25, -0.2) is 0 Å². The topological polar surface area (TPSA) is 108 Å². The SMILES string of the molecule is CCCCC/C=C/CC/C=C/CC/C=C/C(O)C(COP(=O)([O-])OCC[N+](C)(C)C)NC(=O)CCCCCCCCCCCCCCCCC/C=C\C/C=C\CCCCCCC. The number of allylic oxidation sites excluding steroid dienone is 9. The second-order valence-corrected chi connectivity index (χ2v) is 19.9. The van der Waals surface area contributed by atoms with Crippen LogP contribution in [0.15, 0.2) is 60.8 Å². The monoisotopic (exact) mass is 891 g/mol. The van der Waals surface area contributed by atoms with Gasteiger partial charge in [-0.15, -0.1) is 0 Å². The number of aliphatic hydroxyl groups excluding tert-OH is 1. The lowest BCUT2D eigenvalue weighted by molar-refractivity contribution is -0.870. The number of unbranched alkanes of at least 4 members (excludes halogenated alkanes) is 25. The number of phosphoric acid groups is 1. The van der Waals surface area contributed by atoms with Crippen molar-refractivity contribution in [1.82, 2.24) is 5.32 Å². The summed E-state index contributed by atoms with van der Waals surface area (Å²) >= 11 is 0. The predicted molar refractivity (Wildman–Crippen MR) is 265 cm³/mol. The van der Waals surface area contributed by atoms with E-state index >= 15 is 0 Å². The highest BCUT2D eigenvalue weighted by molar-refractivity contribution is 7.45. The van der Waals surface area contributed by atoms with Crippen LogP contribution in [0.1, 0.15) is 219 Å². The lowest BCUT2D eigenvalue weighted by atomic mass is 10.0. The normalized spacial score (nSPS) is 14.6. The van der Waals surface area contributed by atoms with E-state index in [0.29, 0.717) is 17.4 Å². The Hall–Kier alpha value is -1.80. The number of nitrogens with one attached hydrogen (secondary N) is 1. The van der Waals surface area contributed by atoms with E-state index in [-0.39, 0.29) is 12.5 Å². The van der Waals surface area contributed by atoms with E-state index in [9.17, 15) is 19.4 Å². The highest BCUT2D eigenvalue weighted by Crippen LogP contribution is 2.38. The number of carbonyl (C=O) groups is 1. The van der Waals surface area contributed by atoms with Crippen molar-refractivity contribution in [2.75, 3.05) is 40.9 Å². The highest BCUT2D eigenvalue weighted by Gasteiger charge is 2.23. The maximum atomic E-state index is 12.9. The lowest BCUT2D eigenvalue weighted by Crippen LogP contribution is -2.45. The number of amides is 1. The summed E-state index contributed by atoms with van der Waals surface area (Å²) in [6, 6.07) is -0.910. The van der Waals surface area contributed by atoms with Crippen LogP contribution in [0, 0.1) is 0 Å². The molecule has 2 N–H and O–H groups in total. The van der Waals surface area contributed by atoms with Gasteiger partial charge in [0.15, 0.2) is 0 Å². The molecular formula is C53H99N2O6P. The van der Waals surface area contributed by atoms with Gasteiger partial charge in [0.2, 0.25) is 5.91 Å². The first-order valence-corrected chi connectivity index (χ1v) is 27.1. The Morgan fingerprint density at radius 1 is 0.565 bits per heavy atom. The van der Waals surface area contributed by atoms with Gasteiger partial charge in [0.25, 0.3) is 7.82 Å². The van der Waals surface area contributed by atoms with Crippen molar-refractivity contribution in [2.24, 2.45) is 0 Å². The van der Waals surface area contributed by atoms with E-state index in [1.807, 2.05) is 27.2 Å². The van der Waals surface area contributed by atoms with Crippen molar-refractivity contribution >= 4 is 13.7 Å². The number of hydrogen-bond acceptors (Lipinski definition) is 6. The third-order valence-corrected chi connectivity index (χ3v) is 12.1. The number of hydrogen-bond donors (Lipinski definition) is 2. The first-order valence-electron chi connectivity index (χ1n) is 25.7. The van der Waals surface area contributed by atoms with Crippen molar-refractivity contribution in [3.63, 3.8) is 0 Å². The summed E-state index contributed by atoms with van der Waals surface area (Å²) in [7, 11) is 1.23. The summed E-state index contributed by atoms with van der Waals surface area (Å²) in [5, 5.41) is 13.8. The average molecular weight is 891 g/mol. The smallest absolute Gasteiger partial charge is 0.268 e. The van der Waals surface area contributed by atoms with Gasteiger partial charge in [0, 0.05) is 6.42 Å². The zero-order valence-corrected chi connectivity index (χ0v) is 42.0. The number of carbonyl (C=O) groups excluding carboxylic acids is 1. The van der Waals surface area contributed by atoms with Crippen LogP contribution in [-0.4, -0.2) is 68.5 Å². The lowest BCUT2D eigenvalue weighted by Gasteiger charge is -2.29. The molecule has 0 aromatic rings. The van der Waals surface area contributed by atoms with E-state index in [4.69, 9.17) is 9.05 Å². The minimum Gasteiger partial charge on any atom is -0.756 e. The number of nitrogens with zero attached hydrogens (tertiary/aromatic N) is 1. The van der Waals surface area contributed by atoms with Crippen LogP contribution in [0.2, 0.25) is 0 Å². The number of phosphoric ester groups is 1. The second kappa shape index (κ2) is 44.4. The largest absolute Gasteiger partial charge is 0.756 e. The first-order chi connectivity index (χ1) is 30.0. The molecule has 0 aromatic heterocycles. The molecule has 0 saturated carbocycles. The van der Waals surface area contributed by atoms with Gasteiger partial charge in [-0.05, 0) is 77.0 Å². The Morgan fingerprint density at radius 3 is 1.44 bits per heavy atom. The molecule has 0 rings (SSSR count). The molecule has 1 amide bonds. The molecular weight excluding hydrogens is 792 g/mol. The molecule has 0 radical (unpaired) electrons. The summed E-state index contributed by atoms with van der Waals surface area (Å²) < 4.78 is 23.2. The van der Waals surface area contributed by atoms with Crippen LogP contribution in [0.4, 0.5) is 0 Å². The molecule has 0 saturated heterocycles. The quantitative estimate of drug-likeness (QED) is 0.0273. The fraction of sp³-hybridized carbons (Fsp3) is 0.792. The first kappa shape index (κ1) is 60.2. The molecule has 0 aliphatic heterocycles. The summed E-state index contributed by atoms with van der Waals surface area (Å²) in [4.78, 5) is 25.4. The molecule has 0 aromatic carbocycles. The van der Waals surface area contributed by atoms with E-state index in [1.54, 1.807) is 6.08 Å². The number of aliphatic hydroxyl groups is 1. The number of quaternary nitrogens is 1. The van der Waals surface area contributed by atoms with Crippen molar-refractivity contribution in [3.05, 3.63) is 60.8 Å². The third-order valence-electron chi connectivity index (χ3n) is 11.2. The summed E-state index contributed by atoms with van der Waals surface area (Å²) in [6.07, 6.45) is 58.6.